The van der Waals surface area contributed by atoms with E-state index in [4.69, 9.17) is 9.84 Å². The highest BCUT2D eigenvalue weighted by Gasteiger charge is 2.43. The molecule has 744 valence electrons. The molecule has 16 heterocycles. The van der Waals surface area contributed by atoms with Gasteiger partial charge in [-0.1, -0.05) is 124 Å². The fraction of sp³-hybridized carbons (Fsp3) is 1.00. The van der Waals surface area contributed by atoms with Gasteiger partial charge in [0, 0.05) is 256 Å². The predicted octanol–water partition coefficient (Wildman–Crippen LogP) is 14.8. The Morgan fingerprint density at radius 1 is 0.312 bits per heavy atom. The highest BCUT2D eigenvalue weighted by molar-refractivity contribution is 5.00. The highest BCUT2D eigenvalue weighted by Crippen LogP contribution is 2.34. The zero-order valence-electron chi connectivity index (χ0n) is 89.6. The summed E-state index contributed by atoms with van der Waals surface area (Å²) in [5, 5.41) is 15.5. The quantitative estimate of drug-likeness (QED) is 0.114. The largest absolute Gasteiger partial charge is 0.395 e. The first-order valence-corrected chi connectivity index (χ1v) is 53.1. The number of ether oxygens (including phenoxy) is 1. The molecule has 3 N–H and O–H groups in total. The number of likely N-dealkylation sites (N-methyl/N-ethyl adjacent to an activating group) is 5. The number of nitrogens with one attached hydrogen (secondary N) is 2. The zero-order chi connectivity index (χ0) is 93.0. The van der Waals surface area contributed by atoms with Crippen molar-refractivity contribution in [2.24, 2.45) is 59.2 Å². The van der Waals surface area contributed by atoms with E-state index in [0.717, 1.165) is 154 Å². The Kier molecular flexibility index (Phi) is 58.5. The molecule has 0 aromatic heterocycles. The topological polar surface area (TPSA) is 105 Å². The second kappa shape index (κ2) is 62.8. The minimum absolute atomic E-state index is 0.287. The van der Waals surface area contributed by atoms with Crippen LogP contribution in [0, 0.1) is 59.2 Å². The molecular formula is C105H222N18O2. The van der Waals surface area contributed by atoms with Crippen LogP contribution in [0.4, 0.5) is 0 Å². The average Bonchev–Trinajstić information content (AvgIpc) is 1.53. The molecule has 0 amide bonds. The number of nitrogens with zero attached hydrogens (tertiary/aromatic N) is 16. The number of rotatable bonds is 19. The molecule has 20 heteroatoms. The van der Waals surface area contributed by atoms with Gasteiger partial charge >= 0.3 is 0 Å². The van der Waals surface area contributed by atoms with Gasteiger partial charge in [0.15, 0.2) is 0 Å². The highest BCUT2D eigenvalue weighted by atomic mass is 16.5. The summed E-state index contributed by atoms with van der Waals surface area (Å²) < 4.78 is 5.24. The Labute approximate surface area is 780 Å². The molecule has 6 atom stereocenters. The van der Waals surface area contributed by atoms with Crippen molar-refractivity contribution in [3.05, 3.63) is 0 Å². The van der Waals surface area contributed by atoms with Crippen LogP contribution in [0.5, 0.6) is 0 Å². The van der Waals surface area contributed by atoms with Gasteiger partial charge in [0.25, 0.3) is 0 Å². The molecule has 16 fully saturated rings. The lowest BCUT2D eigenvalue weighted by atomic mass is 9.87. The number of piperidine rings is 6. The lowest BCUT2D eigenvalue weighted by Crippen LogP contribution is -2.67. The lowest BCUT2D eigenvalue weighted by Gasteiger charge is -2.55. The molecule has 0 aromatic carbocycles. The van der Waals surface area contributed by atoms with Crippen LogP contribution in [0.3, 0.4) is 0 Å². The summed E-state index contributed by atoms with van der Waals surface area (Å²) in [6.07, 6.45) is 19.9. The lowest BCUT2D eigenvalue weighted by molar-refractivity contribution is -0.0533. The van der Waals surface area contributed by atoms with Gasteiger partial charge in [-0.25, -0.2) is 0 Å². The van der Waals surface area contributed by atoms with Crippen LogP contribution in [-0.4, -0.2) is 440 Å². The molecule has 0 radical (unpaired) electrons. The van der Waals surface area contributed by atoms with E-state index < -0.39 is 0 Å². The van der Waals surface area contributed by atoms with Crippen molar-refractivity contribution in [1.82, 2.24) is 89.0 Å². The number of hydrogen-bond donors (Lipinski definition) is 3. The van der Waals surface area contributed by atoms with E-state index in [9.17, 15) is 0 Å². The van der Waals surface area contributed by atoms with Gasteiger partial charge in [0.1, 0.15) is 0 Å². The number of piperazine rings is 7. The maximum atomic E-state index is 8.79. The normalized spacial score (nSPS) is 26.7. The second-order valence-electron chi connectivity index (χ2n) is 47.7. The molecule has 16 rings (SSSR count). The number of morpholine rings is 1. The number of aliphatic hydroxyl groups excluding tert-OH is 1. The van der Waals surface area contributed by atoms with Crippen molar-refractivity contribution in [2.45, 2.75) is 323 Å². The molecule has 0 aromatic rings. The fourth-order valence-corrected chi connectivity index (χ4v) is 21.5. The molecule has 0 spiro atoms. The summed E-state index contributed by atoms with van der Waals surface area (Å²) in [5.41, 5.74) is 1.02. The SMILES string of the molecule is CC(C)(C)N1CCN(CCO)CC1.CC(C)CC1CCN(C)CC1.CC(C)CC1CCNCC1.CC(C)CN1CC2CC(C1)N2C.CC(C)CN1CC2CCC(C1)N2C.CC(C)CN1CCCCC1.CC(C)CN1CCN(C)CC1.CC(C)CN1CCNCC1.CC(C)CN1CCOCC1.CCN1CCN(C(C)(C)C)CC1.CN1CC2CCC1CN2C(C)(C)C. The molecule has 0 saturated carbocycles. The molecule has 125 heavy (non-hydrogen) atoms. The number of aliphatic hydroxyl groups is 1. The van der Waals surface area contributed by atoms with Gasteiger partial charge in [-0.15, -0.1) is 0 Å². The molecule has 6 bridgehead atoms. The van der Waals surface area contributed by atoms with Gasteiger partial charge in [0.05, 0.1) is 19.8 Å². The first kappa shape index (κ1) is 117. The Morgan fingerprint density at radius 3 is 1.04 bits per heavy atom. The van der Waals surface area contributed by atoms with Crippen molar-refractivity contribution in [2.75, 3.05) is 304 Å². The van der Waals surface area contributed by atoms with Gasteiger partial charge in [-0.2, -0.15) is 0 Å². The summed E-state index contributed by atoms with van der Waals surface area (Å²) in [5.74, 6) is 8.74. The second-order valence-corrected chi connectivity index (χ2v) is 47.7. The third kappa shape index (κ3) is 51.1. The van der Waals surface area contributed by atoms with Crippen molar-refractivity contribution in [3.63, 3.8) is 0 Å². The van der Waals surface area contributed by atoms with Crippen LogP contribution in [0.15, 0.2) is 0 Å². The van der Waals surface area contributed by atoms with E-state index in [1.807, 2.05) is 0 Å². The maximum absolute atomic E-state index is 8.79. The van der Waals surface area contributed by atoms with Crippen LogP contribution < -0.4 is 10.6 Å². The van der Waals surface area contributed by atoms with Gasteiger partial charge < -0.3 is 54.8 Å². The van der Waals surface area contributed by atoms with Crippen molar-refractivity contribution >= 4 is 0 Å². The number of hydrogen-bond acceptors (Lipinski definition) is 20. The average molecular weight is 1770 g/mol. The third-order valence-electron chi connectivity index (χ3n) is 28.7. The van der Waals surface area contributed by atoms with Gasteiger partial charge in [-0.3, -0.25) is 44.1 Å². The smallest absolute Gasteiger partial charge is 0.0594 e. The van der Waals surface area contributed by atoms with E-state index >= 15 is 0 Å². The van der Waals surface area contributed by atoms with E-state index in [1.54, 1.807) is 0 Å². The Bertz CT molecular complexity index is 2390. The molecule has 16 aliphatic heterocycles. The first-order chi connectivity index (χ1) is 58.9. The van der Waals surface area contributed by atoms with Crippen molar-refractivity contribution in [1.29, 1.82) is 0 Å². The summed E-state index contributed by atoms with van der Waals surface area (Å²) in [7, 11) is 11.3. The minimum Gasteiger partial charge on any atom is -0.395 e. The number of fused-ring (bicyclic) bond motifs is 7. The van der Waals surface area contributed by atoms with Gasteiger partial charge in [-0.05, 0) is 286 Å². The Balaban J connectivity index is 0.000000289. The molecule has 6 unspecified atom stereocenters. The molecule has 20 nitrogen and oxygen atoms in total. The Morgan fingerprint density at radius 2 is 0.664 bits per heavy atom. The summed E-state index contributed by atoms with van der Waals surface area (Å²) in [6.45, 7) is 109. The molecule has 16 aliphatic rings. The molecular weight excluding hydrogens is 1550 g/mol. The van der Waals surface area contributed by atoms with Crippen LogP contribution in [0.2, 0.25) is 0 Å². The van der Waals surface area contributed by atoms with Crippen LogP contribution in [0.1, 0.15) is 270 Å². The van der Waals surface area contributed by atoms with E-state index in [0.29, 0.717) is 16.6 Å². The maximum Gasteiger partial charge on any atom is 0.0594 e. The first-order valence-electron chi connectivity index (χ1n) is 53.1. The summed E-state index contributed by atoms with van der Waals surface area (Å²) in [6, 6.07) is 5.11. The molecule has 0 aliphatic carbocycles. The third-order valence-corrected chi connectivity index (χ3v) is 28.7. The summed E-state index contributed by atoms with van der Waals surface area (Å²) >= 11 is 0. The summed E-state index contributed by atoms with van der Waals surface area (Å²) in [4.78, 5) is 40.5. The van der Waals surface area contributed by atoms with Crippen LogP contribution in [-0.2, 0) is 4.74 Å². The molecule has 16 saturated heterocycles. The Hall–Kier alpha value is -0.800. The fourth-order valence-electron chi connectivity index (χ4n) is 21.5. The standard InChI is InChI=1S/2C11H22N2.C10H22N2O.C10H20N2.C10H22N2.C10H21N.C9H20N2.2C9H19N.C8H18N2.C8H17NO/c1-11(2,3)13-8-9-5-6-10(13)7-12(9)4;1-9(2)6-13-7-10-4-5-11(8-13)12(10)3;1-10(2,3)12-6-4-11(5-7-12)8-9-13;1-8(2)5-12-6-9-4-10(7-12)11(9)3;1-5-11-6-8-12(9-7-11)10(2,3)4;1-9(2)8-10-4-6-11(3)7-5-10;1-9(2)8-11-6-4-10(3)5-7-11;1-8(2)7-9-3-5-10-6-4-9;1-9(2)8-10-6-4-3-5-7-10;1-8(2)7-10-5-3-9-4-6-10;1-8(2)7-9-3-5-10-6-4-9/h9-10H,5-8H2,1-4H3;9-11H,4-8H2,1-3H3;13H,4-9H2,1-3H3;8-10H,4-7H2,1-3H3;5-9H2,1-4H3;9-10H,4-8H2,1-3H3;9H,4-8H2,1-3H3;8-10H,3-7H2,1-2H3;9H,3-8H2,1-2H3;8-9H,3-7H2,1-2H3;8H,3-7H2,1-2H3. The number of likely N-dealkylation sites (tertiary alicyclic amines) is 3. The van der Waals surface area contributed by atoms with Crippen molar-refractivity contribution in [3.8, 4) is 0 Å². The van der Waals surface area contributed by atoms with Crippen LogP contribution in [0.25, 0.3) is 0 Å². The van der Waals surface area contributed by atoms with Crippen molar-refractivity contribution < 1.29 is 9.84 Å². The van der Waals surface area contributed by atoms with Crippen LogP contribution >= 0.6 is 0 Å². The zero-order valence-corrected chi connectivity index (χ0v) is 89.6. The number of β-amino-alcohol motifs (C(OH)–C–C–N with tert-alkyl or cyclic N) is 1. The predicted molar refractivity (Wildman–Crippen MR) is 546 cm³/mol. The van der Waals surface area contributed by atoms with Gasteiger partial charge in [0.2, 0.25) is 0 Å². The minimum atomic E-state index is 0.287. The van der Waals surface area contributed by atoms with E-state index in [2.05, 4.69) is 304 Å². The monoisotopic (exact) mass is 1770 g/mol. The van der Waals surface area contributed by atoms with E-state index in [1.165, 1.54) is 293 Å². The van der Waals surface area contributed by atoms with E-state index in [-0.39, 0.29) is 6.61 Å².